The first kappa shape index (κ1) is 13.4. The van der Waals surface area contributed by atoms with Gasteiger partial charge in [-0.2, -0.15) is 0 Å². The minimum Gasteiger partial charge on any atom is -0.394 e. The third-order valence-corrected chi connectivity index (χ3v) is 2.59. The van der Waals surface area contributed by atoms with Crippen molar-refractivity contribution in [2.24, 2.45) is 7.05 Å². The van der Waals surface area contributed by atoms with Crippen LogP contribution in [0.5, 0.6) is 0 Å². The second-order valence-corrected chi connectivity index (χ2v) is 4.15. The zero-order valence-electron chi connectivity index (χ0n) is 9.97. The number of nitro groups is 1. The summed E-state index contributed by atoms with van der Waals surface area (Å²) in [4.78, 5) is 14.0. The highest BCUT2D eigenvalue weighted by atomic mass is 16.6. The van der Waals surface area contributed by atoms with E-state index in [4.69, 9.17) is 10.2 Å². The predicted octanol–water partition coefficient (Wildman–Crippen LogP) is -0.208. The summed E-state index contributed by atoms with van der Waals surface area (Å²) in [7, 11) is 1.62. The maximum absolute atomic E-state index is 10.8. The molecule has 0 saturated carbocycles. The van der Waals surface area contributed by atoms with Gasteiger partial charge in [-0.1, -0.05) is 0 Å². The number of aryl methyl sites for hydroxylation is 1. The van der Waals surface area contributed by atoms with Gasteiger partial charge in [-0.15, -0.1) is 0 Å². The van der Waals surface area contributed by atoms with E-state index >= 15 is 0 Å². The summed E-state index contributed by atoms with van der Waals surface area (Å²) in [5.74, 6) is 0.314. The van der Waals surface area contributed by atoms with Gasteiger partial charge >= 0.3 is 5.82 Å². The SMILES string of the molecule is Cc1nc([N+](=O)[O-])c(NC(C)(CO)CO)n1C. The molecule has 0 aliphatic carbocycles. The molecule has 96 valence electrons. The van der Waals surface area contributed by atoms with Crippen LogP contribution in [-0.4, -0.2) is 43.4 Å². The van der Waals surface area contributed by atoms with Crippen LogP contribution in [0.1, 0.15) is 12.7 Å². The average Bonchev–Trinajstić information content (AvgIpc) is 2.57. The van der Waals surface area contributed by atoms with Crippen LogP contribution in [0.3, 0.4) is 0 Å². The Hall–Kier alpha value is -1.67. The molecule has 0 radical (unpaired) electrons. The van der Waals surface area contributed by atoms with Gasteiger partial charge in [0.25, 0.3) is 0 Å². The maximum Gasteiger partial charge on any atom is 0.406 e. The fraction of sp³-hybridized carbons (Fsp3) is 0.667. The number of aliphatic hydroxyl groups is 2. The third-order valence-electron chi connectivity index (χ3n) is 2.59. The van der Waals surface area contributed by atoms with Crippen LogP contribution in [0.25, 0.3) is 0 Å². The molecule has 8 nitrogen and oxygen atoms in total. The Morgan fingerprint density at radius 1 is 1.53 bits per heavy atom. The van der Waals surface area contributed by atoms with Crippen LogP contribution in [0.15, 0.2) is 0 Å². The Morgan fingerprint density at radius 2 is 2.06 bits per heavy atom. The molecule has 1 rings (SSSR count). The van der Waals surface area contributed by atoms with Gasteiger partial charge in [0.1, 0.15) is 0 Å². The van der Waals surface area contributed by atoms with Gasteiger partial charge in [-0.25, -0.2) is 0 Å². The summed E-state index contributed by atoms with van der Waals surface area (Å²) in [6, 6.07) is 0. The first-order valence-electron chi connectivity index (χ1n) is 5.02. The van der Waals surface area contributed by atoms with Gasteiger partial charge in [-0.3, -0.25) is 4.57 Å². The fourth-order valence-electron chi connectivity index (χ4n) is 1.27. The molecule has 0 aliphatic rings. The second-order valence-electron chi connectivity index (χ2n) is 4.15. The summed E-state index contributed by atoms with van der Waals surface area (Å²) in [5.41, 5.74) is -1.04. The monoisotopic (exact) mass is 244 g/mol. The molecule has 8 heteroatoms. The van der Waals surface area contributed by atoms with Crippen molar-refractivity contribution in [3.8, 4) is 0 Å². The number of aromatic nitrogens is 2. The van der Waals surface area contributed by atoms with E-state index in [1.807, 2.05) is 0 Å². The molecular weight excluding hydrogens is 228 g/mol. The van der Waals surface area contributed by atoms with Crippen LogP contribution in [0, 0.1) is 17.0 Å². The van der Waals surface area contributed by atoms with Gasteiger partial charge in [0.05, 0.1) is 18.8 Å². The summed E-state index contributed by atoms with van der Waals surface area (Å²) < 4.78 is 1.50. The lowest BCUT2D eigenvalue weighted by Crippen LogP contribution is -2.43. The second kappa shape index (κ2) is 4.68. The number of aliphatic hydroxyl groups excluding tert-OH is 2. The number of hydrogen-bond acceptors (Lipinski definition) is 6. The van der Waals surface area contributed by atoms with Gasteiger partial charge in [0, 0.05) is 14.0 Å². The quantitative estimate of drug-likeness (QED) is 0.488. The highest BCUT2D eigenvalue weighted by molar-refractivity contribution is 5.55. The number of imidazole rings is 1. The van der Waals surface area contributed by atoms with Crippen molar-refractivity contribution in [2.45, 2.75) is 19.4 Å². The zero-order chi connectivity index (χ0) is 13.2. The number of nitrogens with one attached hydrogen (secondary N) is 1. The minimum absolute atomic E-state index is 0.165. The van der Waals surface area contributed by atoms with Gasteiger partial charge in [0.15, 0.2) is 0 Å². The highest BCUT2D eigenvalue weighted by Gasteiger charge is 2.30. The molecule has 0 spiro atoms. The lowest BCUT2D eigenvalue weighted by molar-refractivity contribution is -0.388. The summed E-state index contributed by atoms with van der Waals surface area (Å²) >= 11 is 0. The summed E-state index contributed by atoms with van der Waals surface area (Å²) in [6.07, 6.45) is 0. The van der Waals surface area contributed by atoms with E-state index in [0.29, 0.717) is 5.82 Å². The standard InChI is InChI=1S/C9H16N4O4/c1-6-10-7(13(16)17)8(12(6)3)11-9(2,4-14)5-15/h11,14-15H,4-5H2,1-3H3. The maximum atomic E-state index is 10.8. The molecule has 0 aromatic carbocycles. The van der Waals surface area contributed by atoms with E-state index in [1.54, 1.807) is 20.9 Å². The van der Waals surface area contributed by atoms with Crippen LogP contribution < -0.4 is 5.32 Å². The molecule has 0 bridgehead atoms. The lowest BCUT2D eigenvalue weighted by atomic mass is 10.1. The van der Waals surface area contributed by atoms with Crippen molar-refractivity contribution in [3.05, 3.63) is 15.9 Å². The van der Waals surface area contributed by atoms with E-state index in [9.17, 15) is 10.1 Å². The Balaban J connectivity index is 3.17. The lowest BCUT2D eigenvalue weighted by Gasteiger charge is -2.26. The van der Waals surface area contributed by atoms with Gasteiger partial charge < -0.3 is 25.6 Å². The molecule has 1 heterocycles. The Morgan fingerprint density at radius 3 is 2.47 bits per heavy atom. The molecule has 0 atom stereocenters. The normalized spacial score (nSPS) is 11.6. The topological polar surface area (TPSA) is 113 Å². The summed E-state index contributed by atoms with van der Waals surface area (Å²) in [6.45, 7) is 2.47. The highest BCUT2D eigenvalue weighted by Crippen LogP contribution is 2.26. The molecule has 0 unspecified atom stereocenters. The fourth-order valence-corrected chi connectivity index (χ4v) is 1.27. The molecule has 1 aromatic rings. The average molecular weight is 244 g/mol. The number of nitrogens with zero attached hydrogens (tertiary/aromatic N) is 3. The summed E-state index contributed by atoms with van der Waals surface area (Å²) in [5, 5.41) is 31.9. The van der Waals surface area contributed by atoms with Crippen molar-refractivity contribution in [3.63, 3.8) is 0 Å². The Bertz CT molecular complexity index is 425. The van der Waals surface area contributed by atoms with Crippen LogP contribution in [0.4, 0.5) is 11.6 Å². The minimum atomic E-state index is -1.04. The first-order valence-corrected chi connectivity index (χ1v) is 5.02. The predicted molar refractivity (Wildman–Crippen MR) is 60.8 cm³/mol. The van der Waals surface area contributed by atoms with Crippen molar-refractivity contribution in [1.82, 2.24) is 9.55 Å². The molecule has 3 N–H and O–H groups in total. The third kappa shape index (κ3) is 2.53. The number of rotatable bonds is 5. The van der Waals surface area contributed by atoms with Gasteiger partial charge in [0.2, 0.25) is 11.6 Å². The molecular formula is C9H16N4O4. The molecule has 17 heavy (non-hydrogen) atoms. The van der Waals surface area contributed by atoms with Crippen molar-refractivity contribution < 1.29 is 15.1 Å². The van der Waals surface area contributed by atoms with Crippen LogP contribution in [-0.2, 0) is 7.05 Å². The van der Waals surface area contributed by atoms with Crippen molar-refractivity contribution in [2.75, 3.05) is 18.5 Å². The molecule has 0 aliphatic heterocycles. The van der Waals surface area contributed by atoms with E-state index in [2.05, 4.69) is 10.3 Å². The zero-order valence-corrected chi connectivity index (χ0v) is 9.97. The largest absolute Gasteiger partial charge is 0.406 e. The smallest absolute Gasteiger partial charge is 0.394 e. The van der Waals surface area contributed by atoms with E-state index in [1.165, 1.54) is 4.57 Å². The molecule has 0 fully saturated rings. The van der Waals surface area contributed by atoms with E-state index in [0.717, 1.165) is 0 Å². The Kier molecular flexibility index (Phi) is 3.69. The van der Waals surface area contributed by atoms with Crippen molar-refractivity contribution >= 4 is 11.6 Å². The van der Waals surface area contributed by atoms with Crippen LogP contribution in [0.2, 0.25) is 0 Å². The number of hydrogen-bond donors (Lipinski definition) is 3. The number of anilines is 1. The van der Waals surface area contributed by atoms with Gasteiger partial charge in [-0.05, 0) is 16.8 Å². The molecule has 0 amide bonds. The molecule has 1 aromatic heterocycles. The molecule has 0 saturated heterocycles. The Labute approximate surface area is 98.1 Å². The van der Waals surface area contributed by atoms with Crippen LogP contribution >= 0.6 is 0 Å². The van der Waals surface area contributed by atoms with E-state index in [-0.39, 0.29) is 24.8 Å². The van der Waals surface area contributed by atoms with E-state index < -0.39 is 10.5 Å². The van der Waals surface area contributed by atoms with Crippen molar-refractivity contribution in [1.29, 1.82) is 0 Å². The first-order chi connectivity index (χ1) is 7.84.